The number of ether oxygens (including phenoxy) is 6. The Labute approximate surface area is 270 Å². The van der Waals surface area contributed by atoms with E-state index in [0.717, 1.165) is 25.7 Å². The molecule has 12 heteroatoms. The van der Waals surface area contributed by atoms with E-state index in [-0.39, 0.29) is 12.8 Å². The van der Waals surface area contributed by atoms with Crippen LogP contribution in [0.5, 0.6) is 0 Å². The molecule has 1 spiro atoms. The molecule has 1 unspecified atom stereocenters. The number of rotatable bonds is 10. The molecule has 2 aliphatic heterocycles. The summed E-state index contributed by atoms with van der Waals surface area (Å²) in [4.78, 5) is 63.9. The first kappa shape index (κ1) is 35.6. The predicted molar refractivity (Wildman–Crippen MR) is 162 cm³/mol. The molecule has 10 atom stereocenters. The Morgan fingerprint density at radius 2 is 1.57 bits per heavy atom. The van der Waals surface area contributed by atoms with E-state index in [2.05, 4.69) is 6.92 Å². The van der Waals surface area contributed by atoms with Gasteiger partial charge in [0.15, 0.2) is 17.3 Å². The van der Waals surface area contributed by atoms with E-state index in [1.807, 2.05) is 0 Å². The maximum atomic E-state index is 13.3. The van der Waals surface area contributed by atoms with Crippen LogP contribution in [-0.2, 0) is 52.4 Å². The van der Waals surface area contributed by atoms with Crippen LogP contribution in [-0.4, -0.2) is 82.3 Å². The van der Waals surface area contributed by atoms with Crippen molar-refractivity contribution in [3.05, 3.63) is 23.8 Å². The molecule has 4 rings (SSSR count). The summed E-state index contributed by atoms with van der Waals surface area (Å²) in [6, 6.07) is 0. The highest BCUT2D eigenvalue weighted by Gasteiger charge is 2.87. The molecule has 0 radical (unpaired) electrons. The van der Waals surface area contributed by atoms with Crippen LogP contribution >= 0.6 is 0 Å². The van der Waals surface area contributed by atoms with Crippen molar-refractivity contribution in [1.29, 1.82) is 0 Å². The number of carbonyl (C=O) groups excluding carboxylic acids is 5. The van der Waals surface area contributed by atoms with Crippen molar-refractivity contribution in [2.45, 2.75) is 148 Å². The van der Waals surface area contributed by atoms with Crippen LogP contribution in [0.2, 0.25) is 0 Å². The van der Waals surface area contributed by atoms with Crippen molar-refractivity contribution < 1.29 is 57.5 Å². The van der Waals surface area contributed by atoms with Gasteiger partial charge in [0, 0.05) is 44.9 Å². The molecular weight excluding hydrogens is 600 g/mol. The number of epoxide rings is 1. The maximum absolute atomic E-state index is 13.3. The van der Waals surface area contributed by atoms with E-state index in [0.29, 0.717) is 12.0 Å². The van der Waals surface area contributed by atoms with Gasteiger partial charge in [-0.3, -0.25) is 19.2 Å². The van der Waals surface area contributed by atoms with E-state index in [1.165, 1.54) is 40.7 Å². The van der Waals surface area contributed by atoms with Crippen LogP contribution in [0.1, 0.15) is 100 Å². The summed E-state index contributed by atoms with van der Waals surface area (Å²) in [6.45, 7) is 12.1. The fourth-order valence-electron chi connectivity index (χ4n) is 7.65. The summed E-state index contributed by atoms with van der Waals surface area (Å²) < 4.78 is 35.5. The second-order valence-electron chi connectivity index (χ2n) is 13.6. The highest BCUT2D eigenvalue weighted by atomic mass is 16.7. The average molecular weight is 649 g/mol. The number of hydrogen-bond acceptors (Lipinski definition) is 12. The van der Waals surface area contributed by atoms with E-state index >= 15 is 0 Å². The normalized spacial score (nSPS) is 40.5. The molecule has 12 nitrogen and oxygen atoms in total. The lowest BCUT2D eigenvalue weighted by Crippen LogP contribution is -2.67. The summed E-state index contributed by atoms with van der Waals surface area (Å²) >= 11 is 0. The zero-order valence-corrected chi connectivity index (χ0v) is 28.1. The van der Waals surface area contributed by atoms with Crippen molar-refractivity contribution >= 4 is 29.8 Å². The molecule has 1 N–H and O–H groups in total. The molecule has 0 aromatic carbocycles. The first-order valence-electron chi connectivity index (χ1n) is 16.2. The molecule has 0 aromatic heterocycles. The lowest BCUT2D eigenvalue weighted by molar-refractivity contribution is -0.220. The molecule has 2 heterocycles. The number of fused-ring (bicyclic) bond motifs is 1. The van der Waals surface area contributed by atoms with Crippen LogP contribution in [0.3, 0.4) is 0 Å². The molecule has 4 aliphatic rings. The zero-order valence-electron chi connectivity index (χ0n) is 28.1. The predicted octanol–water partition coefficient (Wildman–Crippen LogP) is 3.80. The second kappa shape index (κ2) is 13.1. The Balaban J connectivity index is 1.89. The number of unbranched alkanes of at least 4 members (excludes halogenated alkanes) is 4. The van der Waals surface area contributed by atoms with E-state index < -0.39 is 88.5 Å². The van der Waals surface area contributed by atoms with Gasteiger partial charge in [-0.1, -0.05) is 45.6 Å². The van der Waals surface area contributed by atoms with Gasteiger partial charge in [-0.05, 0) is 44.9 Å². The van der Waals surface area contributed by atoms with E-state index in [9.17, 15) is 29.1 Å². The first-order chi connectivity index (χ1) is 21.4. The fraction of sp³-hybridized carbons (Fsp3) is 0.735. The SMILES string of the molecule is CCCCCCCC(=O)O[C@@H]1C[C@H](OC(C)=O)[C@@]2(C)C=C[C@@H](OC(C)=O)[C@@](C)(O)[C@@H]2[C@@H](OC(C)=O)[C@]23OC2(C)C(=O)O[C@H]3/C=C\1C. The van der Waals surface area contributed by atoms with Gasteiger partial charge >= 0.3 is 29.8 Å². The van der Waals surface area contributed by atoms with Crippen molar-refractivity contribution in [2.24, 2.45) is 11.3 Å². The van der Waals surface area contributed by atoms with Gasteiger partial charge in [-0.25, -0.2) is 4.79 Å². The Kier molecular flexibility index (Phi) is 10.1. The van der Waals surface area contributed by atoms with Gasteiger partial charge in [-0.15, -0.1) is 0 Å². The number of hydrogen-bond donors (Lipinski definition) is 1. The minimum Gasteiger partial charge on any atom is -0.461 e. The van der Waals surface area contributed by atoms with Gasteiger partial charge in [0.2, 0.25) is 0 Å². The quantitative estimate of drug-likeness (QED) is 0.120. The highest BCUT2D eigenvalue weighted by molar-refractivity contribution is 5.89. The third-order valence-electron chi connectivity index (χ3n) is 10.1. The third-order valence-corrected chi connectivity index (χ3v) is 10.1. The molecule has 0 aromatic rings. The second-order valence-corrected chi connectivity index (χ2v) is 13.6. The van der Waals surface area contributed by atoms with Crippen molar-refractivity contribution in [3.63, 3.8) is 0 Å². The van der Waals surface area contributed by atoms with Crippen LogP contribution < -0.4 is 0 Å². The van der Waals surface area contributed by atoms with Crippen molar-refractivity contribution in [1.82, 2.24) is 0 Å². The summed E-state index contributed by atoms with van der Waals surface area (Å²) in [6.07, 6.45) is 3.99. The minimum absolute atomic E-state index is 0.0340. The standard InChI is InChI=1S/C34H48O12/c1-9-10-11-12-13-14-27(38)44-23-18-25(42-21(4)36)31(6)16-15-24(41-20(3)35)32(7,40)28(31)29(43-22(5)37)34-26(17-19(23)2)45-30(39)33(34,8)46-34/h15-17,23-26,28-29,40H,9-14,18H2,1-8H3/b19-17-/t23-,24-,25+,26+,28-,29-,31-,32-,33?,34+/m1/s1. The average Bonchev–Trinajstić information content (AvgIpc) is 3.53. The van der Waals surface area contributed by atoms with E-state index in [4.69, 9.17) is 28.4 Å². The Hall–Kier alpha value is -3.25. The van der Waals surface area contributed by atoms with Gasteiger partial charge in [-0.2, -0.15) is 0 Å². The zero-order chi connectivity index (χ0) is 34.2. The van der Waals surface area contributed by atoms with Crippen LogP contribution in [0.15, 0.2) is 23.8 Å². The third kappa shape index (κ3) is 6.34. The molecule has 46 heavy (non-hydrogen) atoms. The highest BCUT2D eigenvalue weighted by Crippen LogP contribution is 2.65. The first-order valence-corrected chi connectivity index (χ1v) is 16.2. The molecule has 2 saturated heterocycles. The van der Waals surface area contributed by atoms with Crippen LogP contribution in [0.4, 0.5) is 0 Å². The molecule has 2 aliphatic carbocycles. The lowest BCUT2D eigenvalue weighted by atomic mass is 9.55. The van der Waals surface area contributed by atoms with Gasteiger partial charge in [0.1, 0.15) is 30.0 Å². The molecule has 0 saturated carbocycles. The van der Waals surface area contributed by atoms with E-state index in [1.54, 1.807) is 26.0 Å². The lowest BCUT2D eigenvalue weighted by Gasteiger charge is -2.55. The van der Waals surface area contributed by atoms with Crippen LogP contribution in [0, 0.1) is 11.3 Å². The summed E-state index contributed by atoms with van der Waals surface area (Å²) in [5.41, 5.74) is -5.99. The Morgan fingerprint density at radius 3 is 2.15 bits per heavy atom. The van der Waals surface area contributed by atoms with Crippen LogP contribution in [0.25, 0.3) is 0 Å². The van der Waals surface area contributed by atoms with Crippen molar-refractivity contribution in [2.75, 3.05) is 0 Å². The summed E-state index contributed by atoms with van der Waals surface area (Å²) in [5.74, 6) is -4.35. The monoisotopic (exact) mass is 648 g/mol. The summed E-state index contributed by atoms with van der Waals surface area (Å²) in [5, 5.41) is 12.3. The molecular formula is C34H48O12. The summed E-state index contributed by atoms with van der Waals surface area (Å²) in [7, 11) is 0. The molecule has 256 valence electrons. The Bertz CT molecular complexity index is 1300. The van der Waals surface area contributed by atoms with Gasteiger partial charge < -0.3 is 33.5 Å². The number of aliphatic hydroxyl groups is 1. The number of carbonyl (C=O) groups is 5. The number of esters is 5. The van der Waals surface area contributed by atoms with Crippen molar-refractivity contribution in [3.8, 4) is 0 Å². The largest absolute Gasteiger partial charge is 0.461 e. The molecule has 2 fully saturated rings. The molecule has 0 amide bonds. The van der Waals surface area contributed by atoms with Gasteiger partial charge in [0.25, 0.3) is 0 Å². The smallest absolute Gasteiger partial charge is 0.342 e. The Morgan fingerprint density at radius 1 is 0.935 bits per heavy atom. The fourth-order valence-corrected chi connectivity index (χ4v) is 7.65. The minimum atomic E-state index is -1.96. The maximum Gasteiger partial charge on any atom is 0.342 e. The topological polar surface area (TPSA) is 164 Å². The molecule has 0 bridgehead atoms. The van der Waals surface area contributed by atoms with Gasteiger partial charge in [0.05, 0.1) is 0 Å².